The average Bonchev–Trinajstić information content (AvgIpc) is 1.85. The molecule has 0 heterocycles. The minimum Gasteiger partial charge on any atom is -0.215 e. The molecule has 1 radical (unpaired) electrons. The largest absolute Gasteiger partial charge is 0.215 e. The van der Waals surface area contributed by atoms with E-state index >= 15 is 0 Å². The van der Waals surface area contributed by atoms with Crippen LogP contribution in [0.2, 0.25) is 0 Å². The zero-order valence-electron chi connectivity index (χ0n) is 6.42. The first-order chi connectivity index (χ1) is 4.48. The van der Waals surface area contributed by atoms with E-state index in [4.69, 9.17) is 0 Å². The summed E-state index contributed by atoms with van der Waals surface area (Å²) in [5, 5.41) is 0. The normalized spacial score (nSPS) is 12.4. The highest BCUT2D eigenvalue weighted by Gasteiger charge is 2.05. The fourth-order valence-electron chi connectivity index (χ4n) is 0.371. The van der Waals surface area contributed by atoms with Gasteiger partial charge in [-0.15, -0.1) is 0 Å². The van der Waals surface area contributed by atoms with E-state index in [0.717, 1.165) is 0 Å². The van der Waals surface area contributed by atoms with Gasteiger partial charge < -0.3 is 0 Å². The predicted molar refractivity (Wildman–Crippen MR) is 42.0 cm³/mol. The molecular formula is C6H14NO2S. The SMILES string of the molecule is [CH2]C(C)CNS(=O)(=O)CC. The van der Waals surface area contributed by atoms with Gasteiger partial charge in [0.15, 0.2) is 0 Å². The van der Waals surface area contributed by atoms with E-state index in [0.29, 0.717) is 6.54 Å². The molecule has 10 heavy (non-hydrogen) atoms. The van der Waals surface area contributed by atoms with Crippen molar-refractivity contribution in [3.05, 3.63) is 6.92 Å². The van der Waals surface area contributed by atoms with E-state index in [1.54, 1.807) is 6.92 Å². The molecule has 0 bridgehead atoms. The number of nitrogens with one attached hydrogen (secondary N) is 1. The lowest BCUT2D eigenvalue weighted by atomic mass is 10.2. The third-order valence-corrected chi connectivity index (χ3v) is 2.40. The third-order valence-electron chi connectivity index (χ3n) is 1.03. The maximum absolute atomic E-state index is 10.8. The van der Waals surface area contributed by atoms with Gasteiger partial charge in [-0.05, 0) is 19.8 Å². The molecule has 0 aromatic carbocycles. The summed E-state index contributed by atoms with van der Waals surface area (Å²) in [5.74, 6) is 0.265. The van der Waals surface area contributed by atoms with Gasteiger partial charge in [-0.25, -0.2) is 13.1 Å². The van der Waals surface area contributed by atoms with Crippen LogP contribution in [0.4, 0.5) is 0 Å². The fraction of sp³-hybridized carbons (Fsp3) is 0.833. The van der Waals surface area contributed by atoms with Crippen molar-refractivity contribution in [3.8, 4) is 0 Å². The minimum atomic E-state index is -3.00. The van der Waals surface area contributed by atoms with E-state index in [1.165, 1.54) is 0 Å². The van der Waals surface area contributed by atoms with Crippen LogP contribution in [0, 0.1) is 12.8 Å². The van der Waals surface area contributed by atoms with Crippen LogP contribution in [0.1, 0.15) is 13.8 Å². The summed E-state index contributed by atoms with van der Waals surface area (Å²) in [6, 6.07) is 0. The van der Waals surface area contributed by atoms with E-state index < -0.39 is 10.0 Å². The summed E-state index contributed by atoms with van der Waals surface area (Å²) in [4.78, 5) is 0. The molecule has 1 N–H and O–H groups in total. The highest BCUT2D eigenvalue weighted by atomic mass is 32.2. The smallest absolute Gasteiger partial charge is 0.211 e. The van der Waals surface area contributed by atoms with Crippen LogP contribution >= 0.6 is 0 Å². The van der Waals surface area contributed by atoms with Gasteiger partial charge in [0.1, 0.15) is 0 Å². The third kappa shape index (κ3) is 4.76. The van der Waals surface area contributed by atoms with Crippen LogP contribution in [0.5, 0.6) is 0 Å². The van der Waals surface area contributed by atoms with E-state index in [2.05, 4.69) is 11.6 Å². The van der Waals surface area contributed by atoms with Crippen LogP contribution in [-0.4, -0.2) is 20.7 Å². The summed E-state index contributed by atoms with van der Waals surface area (Å²) >= 11 is 0. The second-order valence-electron chi connectivity index (χ2n) is 2.36. The maximum atomic E-state index is 10.8. The quantitative estimate of drug-likeness (QED) is 0.653. The molecule has 3 nitrogen and oxygen atoms in total. The molecule has 1 atom stereocenters. The lowest BCUT2D eigenvalue weighted by molar-refractivity contribution is 0.572. The molecule has 4 heteroatoms. The van der Waals surface area contributed by atoms with Crippen LogP contribution in [0.3, 0.4) is 0 Å². The summed E-state index contributed by atoms with van der Waals surface area (Å²) in [5.41, 5.74) is 0. The highest BCUT2D eigenvalue weighted by molar-refractivity contribution is 7.89. The van der Waals surface area contributed by atoms with Gasteiger partial charge in [-0.2, -0.15) is 0 Å². The molecule has 0 spiro atoms. The first kappa shape index (κ1) is 9.91. The van der Waals surface area contributed by atoms with Crippen molar-refractivity contribution in [1.82, 2.24) is 4.72 Å². The predicted octanol–water partition coefficient (Wildman–Crippen LogP) is 0.396. The van der Waals surface area contributed by atoms with Crippen LogP contribution in [0.15, 0.2) is 0 Å². The number of hydrogen-bond acceptors (Lipinski definition) is 2. The van der Waals surface area contributed by atoms with Gasteiger partial charge >= 0.3 is 0 Å². The summed E-state index contributed by atoms with van der Waals surface area (Å²) < 4.78 is 23.9. The van der Waals surface area contributed by atoms with Crippen LogP contribution in [0.25, 0.3) is 0 Å². The lowest BCUT2D eigenvalue weighted by Crippen LogP contribution is -2.28. The number of hydrogen-bond donors (Lipinski definition) is 1. The Bertz CT molecular complexity index is 172. The Hall–Kier alpha value is -0.0900. The molecule has 0 rings (SSSR count). The zero-order chi connectivity index (χ0) is 8.20. The van der Waals surface area contributed by atoms with Crippen molar-refractivity contribution >= 4 is 10.0 Å². The number of rotatable bonds is 4. The monoisotopic (exact) mass is 164 g/mol. The zero-order valence-corrected chi connectivity index (χ0v) is 7.24. The maximum Gasteiger partial charge on any atom is 0.211 e. The second kappa shape index (κ2) is 3.93. The molecule has 0 fully saturated rings. The molecule has 0 aromatic heterocycles. The molecule has 0 amide bonds. The standard InChI is InChI=1S/C6H14NO2S/c1-4-10(8,9)7-5-6(2)3/h6-7H,2,4-5H2,1,3H3. The molecule has 0 aliphatic carbocycles. The highest BCUT2D eigenvalue weighted by Crippen LogP contribution is 1.89. The van der Waals surface area contributed by atoms with Gasteiger partial charge in [0.2, 0.25) is 10.0 Å². The van der Waals surface area contributed by atoms with Gasteiger partial charge in [0.25, 0.3) is 0 Å². The van der Waals surface area contributed by atoms with Crippen molar-refractivity contribution in [2.24, 2.45) is 5.92 Å². The second-order valence-corrected chi connectivity index (χ2v) is 4.45. The Kier molecular flexibility index (Phi) is 3.89. The molecule has 61 valence electrons. The first-order valence-electron chi connectivity index (χ1n) is 3.28. The summed E-state index contributed by atoms with van der Waals surface area (Å²) in [6.45, 7) is 7.54. The van der Waals surface area contributed by atoms with Gasteiger partial charge in [0, 0.05) is 6.54 Å². The van der Waals surface area contributed by atoms with Crippen molar-refractivity contribution < 1.29 is 8.42 Å². The molecule has 0 aliphatic rings. The fourth-order valence-corrected chi connectivity index (χ4v) is 1.11. The summed E-state index contributed by atoms with van der Waals surface area (Å²) in [6.07, 6.45) is 0. The molecule has 0 saturated heterocycles. The van der Waals surface area contributed by atoms with E-state index in [-0.39, 0.29) is 11.7 Å². The van der Waals surface area contributed by atoms with Gasteiger partial charge in [-0.1, -0.05) is 6.92 Å². The lowest BCUT2D eigenvalue weighted by Gasteiger charge is -2.05. The van der Waals surface area contributed by atoms with Crippen molar-refractivity contribution in [2.75, 3.05) is 12.3 Å². The molecule has 0 aromatic rings. The van der Waals surface area contributed by atoms with Crippen LogP contribution < -0.4 is 4.72 Å². The van der Waals surface area contributed by atoms with Crippen LogP contribution in [-0.2, 0) is 10.0 Å². The van der Waals surface area contributed by atoms with E-state index in [9.17, 15) is 8.42 Å². The first-order valence-corrected chi connectivity index (χ1v) is 4.93. The topological polar surface area (TPSA) is 46.2 Å². The summed E-state index contributed by atoms with van der Waals surface area (Å²) in [7, 11) is -3.00. The molecular weight excluding hydrogens is 150 g/mol. The van der Waals surface area contributed by atoms with E-state index in [1.807, 2.05) is 6.92 Å². The molecule has 1 unspecified atom stereocenters. The van der Waals surface area contributed by atoms with Crippen molar-refractivity contribution in [1.29, 1.82) is 0 Å². The van der Waals surface area contributed by atoms with Crippen molar-refractivity contribution in [2.45, 2.75) is 13.8 Å². The Labute approximate surface area is 62.9 Å². The van der Waals surface area contributed by atoms with Gasteiger partial charge in [0.05, 0.1) is 5.75 Å². The van der Waals surface area contributed by atoms with Gasteiger partial charge in [-0.3, -0.25) is 0 Å². The Morgan fingerprint density at radius 3 is 2.40 bits per heavy atom. The number of sulfonamides is 1. The van der Waals surface area contributed by atoms with Crippen molar-refractivity contribution in [3.63, 3.8) is 0 Å². The average molecular weight is 164 g/mol. The minimum absolute atomic E-state index is 0.126. The molecule has 0 saturated carbocycles. The molecule has 0 aliphatic heterocycles. The Balaban J connectivity index is 3.70. The Morgan fingerprint density at radius 1 is 1.60 bits per heavy atom. The Morgan fingerprint density at radius 2 is 2.10 bits per heavy atom.